The quantitative estimate of drug-likeness (QED) is 0.0109. The van der Waals surface area contributed by atoms with Gasteiger partial charge in [0.25, 0.3) is 0 Å². The number of carbonyl (C=O) groups excluding carboxylic acids is 8. The van der Waals surface area contributed by atoms with E-state index in [4.69, 9.17) is 51.7 Å². The van der Waals surface area contributed by atoms with Crippen LogP contribution in [0.25, 0.3) is 65.3 Å². The second-order valence-electron chi connectivity index (χ2n) is 25.9. The Morgan fingerprint density at radius 1 is 0.458 bits per heavy atom. The molecule has 6 amide bonds. The van der Waals surface area contributed by atoms with Crippen molar-refractivity contribution in [1.29, 1.82) is 0 Å². The highest BCUT2D eigenvalue weighted by atomic mass is 35.5. The molecule has 8 aromatic rings. The molecule has 107 heavy (non-hydrogen) atoms. The molecule has 0 radical (unpaired) electrons. The van der Waals surface area contributed by atoms with Crippen LogP contribution in [0.4, 0.5) is 0 Å². The number of fused-ring (bicyclic) bond motifs is 18. The number of ether oxygens (including phenoxy) is 6. The standard InChI is InChI=1S/C41H47N5O7.C40H45ClN6O7/c1-24(42)43-20-12-19-32-39(48)46-33(41(50)53-5)18-11-8-15-28-21-26-13-6-9-16-30(26)35(37(28)51-3)36-31-17-10-7-14-27(31)22-29(38(36)52-4)23-34(40(49)45-32)44-25(2)47;1-23(48)44-32-22-27-21-25-13-6-9-16-29(25)34(36(27)53-3)33-28-15-8-5-12-24(28)20-26(35(33)52-2)14-7-10-17-31(39(51)54-4)46-37(49)30(45-38(32)50)18-11-19-43-40(42)47-41/h6-11,13-14,16-17,21-22,32-34H,12,15,18-20,23H2,1-5H3,(H2,42,43)(H,44,47)(H,45,49)(H,46,48);5-10,12-13,15-16,20-21,30-32H,11,14,17-19,22H2,1-4H3,(H,44,48)(H,45,50)(H,46,49)(H3,42,43,47)/t32-,33-,34?;30-,31-,32?/m00/s1. The van der Waals surface area contributed by atoms with Gasteiger partial charge in [0.1, 0.15) is 59.2 Å². The van der Waals surface area contributed by atoms with E-state index in [1.807, 2.05) is 127 Å². The molecule has 10 rings (SSSR count). The number of halogens is 1. The maximum absolute atomic E-state index is 14.2. The summed E-state index contributed by atoms with van der Waals surface area (Å²) >= 11 is 5.52. The summed E-state index contributed by atoms with van der Waals surface area (Å²) in [5.74, 6) is -1.88. The number of esters is 2. The van der Waals surface area contributed by atoms with Crippen LogP contribution in [0, 0.1) is 0 Å². The van der Waals surface area contributed by atoms with Gasteiger partial charge in [-0.1, -0.05) is 121 Å². The number of aliphatic imine (C=N–C) groups is 2. The second kappa shape index (κ2) is 37.8. The first-order chi connectivity index (χ1) is 51.6. The monoisotopic (exact) mass is 1480 g/mol. The highest BCUT2D eigenvalue weighted by Gasteiger charge is 2.35. The zero-order chi connectivity index (χ0) is 76.8. The molecule has 0 saturated heterocycles. The van der Waals surface area contributed by atoms with E-state index in [0.717, 1.165) is 76.5 Å². The van der Waals surface area contributed by atoms with Gasteiger partial charge in [0.2, 0.25) is 41.4 Å². The van der Waals surface area contributed by atoms with E-state index >= 15 is 0 Å². The molecule has 2 unspecified atom stereocenters. The van der Waals surface area contributed by atoms with Crippen LogP contribution in [-0.4, -0.2) is 151 Å². The summed E-state index contributed by atoms with van der Waals surface area (Å²) < 4.78 is 34.9. The van der Waals surface area contributed by atoms with Crippen LogP contribution in [0.15, 0.2) is 156 Å². The number of nitrogens with two attached hydrogens (primary N) is 2. The van der Waals surface area contributed by atoms with Crippen LogP contribution in [-0.2, 0) is 73.5 Å². The molecule has 25 nitrogen and oxygen atoms in total. The molecule has 2 heterocycles. The molecule has 0 aliphatic carbocycles. The molecular formula is C81H92ClN11O14. The summed E-state index contributed by atoms with van der Waals surface area (Å²) in [4.78, 5) is 118. The van der Waals surface area contributed by atoms with Crippen LogP contribution in [0.2, 0.25) is 0 Å². The fourth-order valence-electron chi connectivity index (χ4n) is 13.7. The molecule has 0 saturated carbocycles. The Kier molecular flexibility index (Phi) is 28.1. The number of hydrogen-bond donors (Lipinski definition) is 9. The summed E-state index contributed by atoms with van der Waals surface area (Å²) in [6.07, 6.45) is 9.68. The van der Waals surface area contributed by atoms with Gasteiger partial charge in [0.05, 0.1) is 48.5 Å². The van der Waals surface area contributed by atoms with Crippen molar-refractivity contribution in [2.45, 2.75) is 121 Å². The smallest absolute Gasteiger partial charge is 0.328 e. The number of amidine groups is 1. The Hall–Kier alpha value is -11.7. The molecule has 26 heteroatoms. The molecule has 562 valence electrons. The number of benzene rings is 8. The Balaban J connectivity index is 0.000000247. The molecule has 8 bridgehead atoms. The van der Waals surface area contributed by atoms with Crippen LogP contribution >= 0.6 is 11.8 Å². The first-order valence-electron chi connectivity index (χ1n) is 35.1. The zero-order valence-electron chi connectivity index (χ0n) is 61.4. The minimum atomic E-state index is -1.13. The van der Waals surface area contributed by atoms with Gasteiger partial charge in [0.15, 0.2) is 0 Å². The van der Waals surface area contributed by atoms with Crippen molar-refractivity contribution in [3.63, 3.8) is 0 Å². The molecule has 8 aromatic carbocycles. The highest BCUT2D eigenvalue weighted by Crippen LogP contribution is 2.51. The zero-order valence-corrected chi connectivity index (χ0v) is 62.2. The Bertz CT molecular complexity index is 4770. The molecule has 0 fully saturated rings. The third kappa shape index (κ3) is 19.6. The van der Waals surface area contributed by atoms with E-state index < -0.39 is 83.6 Å². The molecule has 0 spiro atoms. The lowest BCUT2D eigenvalue weighted by molar-refractivity contribution is -0.145. The SMILES string of the molecule is COC(=O)[C@@H]1CC=CCc2cc3ccccc3c(c2OC)-c2c(OC)c(cc3ccccc23)CC(NC(C)=O)C(=O)N[C@@H](CCCN=C(C)N)C(=O)N1.COC(=O)[C@@H]1CC=CCc2cc3ccccc3c(c2OC)-c2c(OC)c(cc3ccccc23)CC(NC(C)=O)C(=O)N[C@@H](CCCN=C(N)NCl)C(=O)N1. The molecular weight excluding hydrogens is 1390 g/mol. The van der Waals surface area contributed by atoms with Crippen LogP contribution in [0.3, 0.4) is 0 Å². The number of methoxy groups -OCH3 is 6. The average molecular weight is 1480 g/mol. The largest absolute Gasteiger partial charge is 0.496 e. The van der Waals surface area contributed by atoms with Gasteiger partial charge in [-0.2, -0.15) is 0 Å². The summed E-state index contributed by atoms with van der Waals surface area (Å²) in [5.41, 5.74) is 17.6. The van der Waals surface area contributed by atoms with Gasteiger partial charge in [-0.15, -0.1) is 0 Å². The number of allylic oxidation sites excluding steroid dienone is 2. The Morgan fingerprint density at radius 3 is 1.10 bits per heavy atom. The molecule has 11 N–H and O–H groups in total. The molecule has 6 atom stereocenters. The van der Waals surface area contributed by atoms with Gasteiger partial charge in [0, 0.05) is 73.8 Å². The summed E-state index contributed by atoms with van der Waals surface area (Å²) in [6.45, 7) is 4.83. The van der Waals surface area contributed by atoms with Gasteiger partial charge in [-0.05, 0) is 148 Å². The van der Waals surface area contributed by atoms with Crippen LogP contribution in [0.1, 0.15) is 81.5 Å². The van der Waals surface area contributed by atoms with Gasteiger partial charge >= 0.3 is 11.9 Å². The summed E-state index contributed by atoms with van der Waals surface area (Å²) in [5, 5.41) is 24.1. The first-order valence-corrected chi connectivity index (χ1v) is 35.5. The van der Waals surface area contributed by atoms with Crippen molar-refractivity contribution >= 4 is 114 Å². The average Bonchev–Trinajstić information content (AvgIpc) is 0.744. The number of nitrogens with zero attached hydrogens (tertiary/aromatic N) is 2. The van der Waals surface area contributed by atoms with Crippen molar-refractivity contribution in [3.05, 3.63) is 168 Å². The van der Waals surface area contributed by atoms with E-state index in [2.05, 4.69) is 58.9 Å². The fourth-order valence-corrected chi connectivity index (χ4v) is 13.8. The predicted octanol–water partition coefficient (Wildman–Crippen LogP) is 8.73. The lowest BCUT2D eigenvalue weighted by Crippen LogP contribution is -2.56. The van der Waals surface area contributed by atoms with Crippen LogP contribution < -0.4 is 67.2 Å². The van der Waals surface area contributed by atoms with Crippen molar-refractivity contribution in [1.82, 2.24) is 36.7 Å². The van der Waals surface area contributed by atoms with Gasteiger partial charge in [-0.3, -0.25) is 43.6 Å². The Labute approximate surface area is 626 Å². The minimum absolute atomic E-state index is 0.00129. The van der Waals surface area contributed by atoms with Gasteiger partial charge < -0.3 is 71.8 Å². The fraction of sp³-hybridized carbons (Fsp3) is 0.333. The first kappa shape index (κ1) is 79.4. The number of nitrogens with one attached hydrogen (secondary N) is 7. The maximum atomic E-state index is 14.2. The number of rotatable bonds is 16. The second-order valence-corrected chi connectivity index (χ2v) is 26.0. The van der Waals surface area contributed by atoms with E-state index in [9.17, 15) is 38.4 Å². The lowest BCUT2D eigenvalue weighted by atomic mass is 9.87. The molecule has 0 aromatic heterocycles. The number of carbonyl (C=O) groups is 8. The highest BCUT2D eigenvalue weighted by molar-refractivity contribution is 6.21. The topological polar surface area (TPSA) is 353 Å². The summed E-state index contributed by atoms with van der Waals surface area (Å²) in [6, 6.07) is 33.4. The van der Waals surface area contributed by atoms with Crippen molar-refractivity contribution in [2.24, 2.45) is 21.5 Å². The van der Waals surface area contributed by atoms with E-state index in [-0.39, 0.29) is 51.0 Å². The van der Waals surface area contributed by atoms with Crippen molar-refractivity contribution in [2.75, 3.05) is 55.7 Å². The van der Waals surface area contributed by atoms with E-state index in [0.29, 0.717) is 72.2 Å². The molecule has 2 aliphatic rings. The predicted molar refractivity (Wildman–Crippen MR) is 415 cm³/mol. The van der Waals surface area contributed by atoms with E-state index in [1.165, 1.54) is 28.1 Å². The third-order valence-electron chi connectivity index (χ3n) is 18.5. The van der Waals surface area contributed by atoms with E-state index in [1.54, 1.807) is 41.4 Å². The normalized spacial score (nSPS) is 18.3. The van der Waals surface area contributed by atoms with Crippen LogP contribution in [0.5, 0.6) is 23.0 Å². The number of amides is 6. The Morgan fingerprint density at radius 2 is 0.785 bits per heavy atom. The lowest BCUT2D eigenvalue weighted by Gasteiger charge is -2.26. The molecule has 2 aliphatic heterocycles. The van der Waals surface area contributed by atoms with Crippen molar-refractivity contribution in [3.8, 4) is 45.3 Å². The maximum Gasteiger partial charge on any atom is 0.328 e. The number of hydrogen-bond acceptors (Lipinski definition) is 16. The number of guanidine groups is 1. The van der Waals surface area contributed by atoms with Crippen molar-refractivity contribution < 1.29 is 66.8 Å². The summed E-state index contributed by atoms with van der Waals surface area (Å²) in [7, 11) is 8.90. The minimum Gasteiger partial charge on any atom is -0.496 e. The van der Waals surface area contributed by atoms with Gasteiger partial charge in [-0.25, -0.2) is 9.59 Å². The third-order valence-corrected chi connectivity index (χ3v) is 18.7.